The summed E-state index contributed by atoms with van der Waals surface area (Å²) in [4.78, 5) is 0. The quantitative estimate of drug-likeness (QED) is 0.569. The Kier molecular flexibility index (Phi) is 5.71. The molecular weight excluding hydrogens is 290 g/mol. The zero-order valence-electron chi connectivity index (χ0n) is 14.4. The summed E-state index contributed by atoms with van der Waals surface area (Å²) in [5.41, 5.74) is 0.868. The second kappa shape index (κ2) is 7.77. The molecule has 0 atom stereocenters. The average Bonchev–Trinajstić information content (AvgIpc) is 2.55. The van der Waals surface area contributed by atoms with Gasteiger partial charge in [0.1, 0.15) is 11.6 Å². The smallest absolute Gasteiger partial charge is 0.126 e. The molecule has 23 heavy (non-hydrogen) atoms. The first-order valence-corrected chi connectivity index (χ1v) is 9.61. The van der Waals surface area contributed by atoms with Crippen LogP contribution in [0.4, 0.5) is 8.78 Å². The average molecular weight is 320 g/mol. The number of benzene rings is 1. The molecule has 1 aromatic carbocycles. The van der Waals surface area contributed by atoms with Gasteiger partial charge in [-0.2, -0.15) is 0 Å². The lowest BCUT2D eigenvalue weighted by Gasteiger charge is -2.38. The highest BCUT2D eigenvalue weighted by molar-refractivity contribution is 5.22. The molecule has 2 aliphatic rings. The maximum atomic E-state index is 13.4. The van der Waals surface area contributed by atoms with Crippen LogP contribution in [0.1, 0.15) is 82.6 Å². The van der Waals surface area contributed by atoms with Crippen LogP contribution in [-0.4, -0.2) is 0 Å². The van der Waals surface area contributed by atoms with Crippen molar-refractivity contribution in [2.24, 2.45) is 17.8 Å². The number of rotatable bonds is 4. The molecule has 2 heteroatoms. The molecule has 0 radical (unpaired) electrons. The molecule has 0 spiro atoms. The van der Waals surface area contributed by atoms with Gasteiger partial charge < -0.3 is 0 Å². The van der Waals surface area contributed by atoms with Crippen molar-refractivity contribution in [1.29, 1.82) is 0 Å². The summed E-state index contributed by atoms with van der Waals surface area (Å²) < 4.78 is 26.8. The van der Waals surface area contributed by atoms with Crippen LogP contribution in [-0.2, 0) is 0 Å². The molecular formula is C21H30F2. The molecule has 3 rings (SSSR count). The van der Waals surface area contributed by atoms with Gasteiger partial charge in [-0.3, -0.25) is 0 Å². The molecule has 0 aromatic heterocycles. The van der Waals surface area contributed by atoms with Crippen molar-refractivity contribution >= 4 is 0 Å². The molecule has 2 saturated carbocycles. The third-order valence-corrected chi connectivity index (χ3v) is 6.38. The standard InChI is InChI=1S/C21H30F2/c1-2-3-15-4-6-16(7-5-15)17-8-10-18(11-9-17)19-12-20(22)14-21(23)13-19/h12-18H,2-11H2,1H3. The van der Waals surface area contributed by atoms with Crippen molar-refractivity contribution in [3.05, 3.63) is 35.4 Å². The van der Waals surface area contributed by atoms with E-state index < -0.39 is 11.6 Å². The van der Waals surface area contributed by atoms with Crippen LogP contribution in [0.5, 0.6) is 0 Å². The first kappa shape index (κ1) is 16.9. The Bertz CT molecular complexity index is 474. The summed E-state index contributed by atoms with van der Waals surface area (Å²) in [5, 5.41) is 0. The molecule has 0 aliphatic heterocycles. The Morgan fingerprint density at radius 2 is 1.30 bits per heavy atom. The van der Waals surface area contributed by atoms with E-state index in [1.807, 2.05) is 0 Å². The normalized spacial score (nSPS) is 32.0. The van der Waals surface area contributed by atoms with Crippen LogP contribution in [0, 0.1) is 29.4 Å². The fourth-order valence-electron chi connectivity index (χ4n) is 5.09. The summed E-state index contributed by atoms with van der Waals surface area (Å²) >= 11 is 0. The summed E-state index contributed by atoms with van der Waals surface area (Å²) in [6, 6.07) is 4.04. The fraction of sp³-hybridized carbons (Fsp3) is 0.714. The van der Waals surface area contributed by atoms with Crippen LogP contribution in [0.2, 0.25) is 0 Å². The molecule has 2 aliphatic carbocycles. The largest absolute Gasteiger partial charge is 0.207 e. The Morgan fingerprint density at radius 1 is 0.783 bits per heavy atom. The number of hydrogen-bond donors (Lipinski definition) is 0. The minimum atomic E-state index is -0.434. The predicted molar refractivity (Wildman–Crippen MR) is 91.4 cm³/mol. The highest BCUT2D eigenvalue weighted by Crippen LogP contribution is 2.44. The topological polar surface area (TPSA) is 0 Å². The van der Waals surface area contributed by atoms with Gasteiger partial charge >= 0.3 is 0 Å². The molecule has 0 saturated heterocycles. The van der Waals surface area contributed by atoms with Gasteiger partial charge in [0.05, 0.1) is 0 Å². The van der Waals surface area contributed by atoms with Gasteiger partial charge in [0.2, 0.25) is 0 Å². The van der Waals surface area contributed by atoms with E-state index in [9.17, 15) is 8.78 Å². The van der Waals surface area contributed by atoms with Gasteiger partial charge in [0.15, 0.2) is 0 Å². The first-order valence-electron chi connectivity index (χ1n) is 9.61. The Morgan fingerprint density at radius 3 is 1.83 bits per heavy atom. The van der Waals surface area contributed by atoms with Crippen LogP contribution < -0.4 is 0 Å². The second-order valence-electron chi connectivity index (χ2n) is 7.88. The zero-order valence-corrected chi connectivity index (χ0v) is 14.4. The van der Waals surface area contributed by atoms with Crippen molar-refractivity contribution in [1.82, 2.24) is 0 Å². The van der Waals surface area contributed by atoms with E-state index in [-0.39, 0.29) is 0 Å². The van der Waals surface area contributed by atoms with Gasteiger partial charge in [-0.05, 0) is 79.9 Å². The fourth-order valence-corrected chi connectivity index (χ4v) is 5.09. The van der Waals surface area contributed by atoms with Crippen LogP contribution >= 0.6 is 0 Å². The third-order valence-electron chi connectivity index (χ3n) is 6.38. The van der Waals surface area contributed by atoms with E-state index in [1.165, 1.54) is 63.5 Å². The van der Waals surface area contributed by atoms with Gasteiger partial charge in [0.25, 0.3) is 0 Å². The lowest BCUT2D eigenvalue weighted by Crippen LogP contribution is -2.25. The van der Waals surface area contributed by atoms with Crippen LogP contribution in [0.15, 0.2) is 18.2 Å². The van der Waals surface area contributed by atoms with E-state index >= 15 is 0 Å². The third kappa shape index (κ3) is 4.33. The maximum absolute atomic E-state index is 13.4. The van der Waals surface area contributed by atoms with E-state index in [2.05, 4.69) is 6.92 Å². The minimum absolute atomic E-state index is 0.355. The second-order valence-corrected chi connectivity index (χ2v) is 7.88. The van der Waals surface area contributed by atoms with Gasteiger partial charge in [-0.1, -0.05) is 32.6 Å². The molecule has 2 fully saturated rings. The van der Waals surface area contributed by atoms with Gasteiger partial charge in [-0.25, -0.2) is 8.78 Å². The van der Waals surface area contributed by atoms with E-state index in [0.29, 0.717) is 5.92 Å². The molecule has 0 N–H and O–H groups in total. The molecule has 0 bridgehead atoms. The van der Waals surface area contributed by atoms with Crippen molar-refractivity contribution in [3.63, 3.8) is 0 Å². The molecule has 0 unspecified atom stereocenters. The predicted octanol–water partition coefficient (Wildman–Crippen LogP) is 6.85. The van der Waals surface area contributed by atoms with E-state index in [1.54, 1.807) is 0 Å². The molecule has 0 nitrogen and oxygen atoms in total. The molecule has 128 valence electrons. The lowest BCUT2D eigenvalue weighted by molar-refractivity contribution is 0.156. The summed E-state index contributed by atoms with van der Waals surface area (Å²) in [7, 11) is 0. The van der Waals surface area contributed by atoms with Gasteiger partial charge in [-0.15, -0.1) is 0 Å². The number of halogens is 2. The maximum Gasteiger partial charge on any atom is 0.126 e. The van der Waals surface area contributed by atoms with Crippen molar-refractivity contribution in [2.75, 3.05) is 0 Å². The highest BCUT2D eigenvalue weighted by Gasteiger charge is 2.31. The SMILES string of the molecule is CCCC1CCC(C2CCC(c3cc(F)cc(F)c3)CC2)CC1. The number of hydrogen-bond acceptors (Lipinski definition) is 0. The van der Waals surface area contributed by atoms with Gasteiger partial charge in [0, 0.05) is 6.07 Å². The first-order chi connectivity index (χ1) is 11.2. The summed E-state index contributed by atoms with van der Waals surface area (Å²) in [6.45, 7) is 2.29. The minimum Gasteiger partial charge on any atom is -0.207 e. The Hall–Kier alpha value is -0.920. The Balaban J connectivity index is 1.51. The van der Waals surface area contributed by atoms with Crippen molar-refractivity contribution in [2.45, 2.75) is 77.0 Å². The van der Waals surface area contributed by atoms with Crippen molar-refractivity contribution in [3.8, 4) is 0 Å². The summed E-state index contributed by atoms with van der Waals surface area (Å²) in [6.07, 6.45) is 13.1. The molecule has 0 heterocycles. The Labute approximate surface area is 139 Å². The summed E-state index contributed by atoms with van der Waals surface area (Å²) in [5.74, 6) is 2.23. The monoisotopic (exact) mass is 320 g/mol. The lowest BCUT2D eigenvalue weighted by atomic mass is 9.68. The van der Waals surface area contributed by atoms with E-state index in [4.69, 9.17) is 0 Å². The van der Waals surface area contributed by atoms with Crippen LogP contribution in [0.3, 0.4) is 0 Å². The van der Waals surface area contributed by atoms with Crippen molar-refractivity contribution < 1.29 is 8.78 Å². The zero-order chi connectivity index (χ0) is 16.2. The highest BCUT2D eigenvalue weighted by atomic mass is 19.1. The van der Waals surface area contributed by atoms with Crippen LogP contribution in [0.25, 0.3) is 0 Å². The molecule has 1 aromatic rings. The molecule has 0 amide bonds. The van der Waals surface area contributed by atoms with E-state index in [0.717, 1.165) is 42.2 Å².